The Bertz CT molecular complexity index is 503. The van der Waals surface area contributed by atoms with Crippen LogP contribution in [0.2, 0.25) is 0 Å². The first-order valence-electron chi connectivity index (χ1n) is 7.36. The van der Waals surface area contributed by atoms with Crippen LogP contribution >= 0.6 is 0 Å². The average molecular weight is 274 g/mol. The zero-order chi connectivity index (χ0) is 14.1. The number of hydrogen-bond donors (Lipinski definition) is 1. The summed E-state index contributed by atoms with van der Waals surface area (Å²) in [5.74, 6) is -0.0641. The molecular formula is C16H22N2O2. The van der Waals surface area contributed by atoms with Crippen molar-refractivity contribution in [2.45, 2.75) is 31.3 Å². The van der Waals surface area contributed by atoms with Crippen LogP contribution in [0.25, 0.3) is 0 Å². The van der Waals surface area contributed by atoms with E-state index in [0.717, 1.165) is 19.3 Å². The van der Waals surface area contributed by atoms with Crippen LogP contribution in [0.3, 0.4) is 0 Å². The zero-order valence-corrected chi connectivity index (χ0v) is 11.9. The van der Waals surface area contributed by atoms with Crippen molar-refractivity contribution in [1.82, 2.24) is 4.90 Å². The minimum atomic E-state index is -0.186. The van der Waals surface area contributed by atoms with E-state index in [-0.39, 0.29) is 23.9 Å². The lowest BCUT2D eigenvalue weighted by atomic mass is 9.86. The lowest BCUT2D eigenvalue weighted by molar-refractivity contribution is -0.137. The number of nitrogens with zero attached hydrogens (tertiary/aromatic N) is 1. The van der Waals surface area contributed by atoms with Crippen molar-refractivity contribution in [1.29, 1.82) is 0 Å². The van der Waals surface area contributed by atoms with E-state index in [2.05, 4.69) is 24.3 Å². The van der Waals surface area contributed by atoms with Crippen molar-refractivity contribution in [3.8, 4) is 0 Å². The van der Waals surface area contributed by atoms with Gasteiger partial charge in [-0.15, -0.1) is 0 Å². The molecule has 1 aliphatic carbocycles. The molecule has 1 heterocycles. The van der Waals surface area contributed by atoms with Crippen LogP contribution in [0.1, 0.15) is 30.0 Å². The van der Waals surface area contributed by atoms with Crippen LogP contribution in [0.15, 0.2) is 24.3 Å². The second kappa shape index (κ2) is 5.54. The predicted octanol–water partition coefficient (Wildman–Crippen LogP) is 1.50. The lowest BCUT2D eigenvalue weighted by Crippen LogP contribution is -2.43. The van der Waals surface area contributed by atoms with Crippen LogP contribution in [0.5, 0.6) is 0 Å². The van der Waals surface area contributed by atoms with Gasteiger partial charge in [0.2, 0.25) is 5.91 Å². The van der Waals surface area contributed by atoms with Gasteiger partial charge in [0, 0.05) is 13.1 Å². The summed E-state index contributed by atoms with van der Waals surface area (Å²) in [6.07, 6.45) is 3.27. The molecule has 0 aromatic heterocycles. The number of rotatable bonds is 2. The number of benzene rings is 1. The highest BCUT2D eigenvalue weighted by Gasteiger charge is 2.36. The summed E-state index contributed by atoms with van der Waals surface area (Å²) < 4.78 is 5.32. The SMILES string of the molecule is CN(C(=O)C1COCC1N)C1CCCc2ccccc21. The molecule has 0 bridgehead atoms. The van der Waals surface area contributed by atoms with Crippen LogP contribution in [-0.2, 0) is 16.0 Å². The summed E-state index contributed by atoms with van der Waals surface area (Å²) in [7, 11) is 1.90. The fraction of sp³-hybridized carbons (Fsp3) is 0.562. The monoisotopic (exact) mass is 274 g/mol. The Morgan fingerprint density at radius 2 is 2.15 bits per heavy atom. The molecule has 0 radical (unpaired) electrons. The summed E-state index contributed by atoms with van der Waals surface area (Å²) in [5.41, 5.74) is 8.63. The number of hydrogen-bond acceptors (Lipinski definition) is 3. The number of carbonyl (C=O) groups is 1. The van der Waals surface area contributed by atoms with E-state index in [1.807, 2.05) is 11.9 Å². The second-order valence-electron chi connectivity index (χ2n) is 5.86. The molecule has 4 nitrogen and oxygen atoms in total. The van der Waals surface area contributed by atoms with Gasteiger partial charge >= 0.3 is 0 Å². The third-order valence-corrected chi connectivity index (χ3v) is 4.59. The number of aryl methyl sites for hydroxylation is 1. The molecule has 1 aromatic carbocycles. The van der Waals surface area contributed by atoms with Crippen molar-refractivity contribution < 1.29 is 9.53 Å². The normalized spacial score (nSPS) is 29.0. The first-order chi connectivity index (χ1) is 9.68. The highest BCUT2D eigenvalue weighted by molar-refractivity contribution is 5.80. The molecule has 1 fully saturated rings. The van der Waals surface area contributed by atoms with Gasteiger partial charge in [0.05, 0.1) is 25.2 Å². The molecule has 20 heavy (non-hydrogen) atoms. The molecule has 1 amide bonds. The van der Waals surface area contributed by atoms with E-state index in [0.29, 0.717) is 13.2 Å². The zero-order valence-electron chi connectivity index (χ0n) is 11.9. The first kappa shape index (κ1) is 13.6. The van der Waals surface area contributed by atoms with Crippen LogP contribution in [0, 0.1) is 5.92 Å². The predicted molar refractivity (Wildman–Crippen MR) is 77.2 cm³/mol. The summed E-state index contributed by atoms with van der Waals surface area (Å²) in [6, 6.07) is 8.46. The van der Waals surface area contributed by atoms with Crippen LogP contribution < -0.4 is 5.73 Å². The summed E-state index contributed by atoms with van der Waals surface area (Å²) in [4.78, 5) is 14.5. The second-order valence-corrected chi connectivity index (χ2v) is 5.86. The molecule has 1 aliphatic heterocycles. The van der Waals surface area contributed by atoms with Crippen molar-refractivity contribution in [3.63, 3.8) is 0 Å². The molecule has 1 aromatic rings. The maximum absolute atomic E-state index is 12.6. The van der Waals surface area contributed by atoms with Gasteiger partial charge in [0.15, 0.2) is 0 Å². The molecule has 2 N–H and O–H groups in total. The molecular weight excluding hydrogens is 252 g/mol. The standard InChI is InChI=1S/C16H22N2O2/c1-18(16(19)13-9-20-10-14(13)17)15-8-4-6-11-5-2-3-7-12(11)15/h2-3,5,7,13-15H,4,6,8-10,17H2,1H3. The van der Waals surface area contributed by atoms with Gasteiger partial charge < -0.3 is 15.4 Å². The average Bonchev–Trinajstić information content (AvgIpc) is 2.91. The van der Waals surface area contributed by atoms with Gasteiger partial charge in [-0.3, -0.25) is 4.79 Å². The van der Waals surface area contributed by atoms with E-state index < -0.39 is 0 Å². The third-order valence-electron chi connectivity index (χ3n) is 4.59. The number of ether oxygens (including phenoxy) is 1. The Morgan fingerprint density at radius 3 is 2.90 bits per heavy atom. The van der Waals surface area contributed by atoms with Gasteiger partial charge in [-0.25, -0.2) is 0 Å². The van der Waals surface area contributed by atoms with Crippen molar-refractivity contribution in [2.24, 2.45) is 11.7 Å². The van der Waals surface area contributed by atoms with Crippen LogP contribution in [0.4, 0.5) is 0 Å². The minimum Gasteiger partial charge on any atom is -0.379 e. The third kappa shape index (κ3) is 2.34. The topological polar surface area (TPSA) is 55.6 Å². The van der Waals surface area contributed by atoms with Crippen molar-refractivity contribution in [3.05, 3.63) is 35.4 Å². The van der Waals surface area contributed by atoms with Crippen molar-refractivity contribution in [2.75, 3.05) is 20.3 Å². The molecule has 1 saturated heterocycles. The highest BCUT2D eigenvalue weighted by Crippen LogP contribution is 2.34. The molecule has 3 rings (SSSR count). The lowest BCUT2D eigenvalue weighted by Gasteiger charge is -2.35. The number of fused-ring (bicyclic) bond motifs is 1. The maximum Gasteiger partial charge on any atom is 0.229 e. The molecule has 3 atom stereocenters. The molecule has 0 spiro atoms. The van der Waals surface area contributed by atoms with Gasteiger partial charge in [-0.1, -0.05) is 24.3 Å². The summed E-state index contributed by atoms with van der Waals surface area (Å²) >= 11 is 0. The number of carbonyl (C=O) groups excluding carboxylic acids is 1. The van der Waals surface area contributed by atoms with Gasteiger partial charge in [-0.2, -0.15) is 0 Å². The van der Waals surface area contributed by atoms with E-state index >= 15 is 0 Å². The maximum atomic E-state index is 12.6. The summed E-state index contributed by atoms with van der Waals surface area (Å²) in [6.45, 7) is 0.949. The summed E-state index contributed by atoms with van der Waals surface area (Å²) in [5, 5.41) is 0. The molecule has 0 saturated carbocycles. The Balaban J connectivity index is 1.81. The fourth-order valence-corrected chi connectivity index (χ4v) is 3.37. The molecule has 4 heteroatoms. The van der Waals surface area contributed by atoms with Gasteiger partial charge in [0.25, 0.3) is 0 Å². The highest BCUT2D eigenvalue weighted by atomic mass is 16.5. The Kier molecular flexibility index (Phi) is 3.76. The minimum absolute atomic E-state index is 0.122. The van der Waals surface area contributed by atoms with Gasteiger partial charge in [-0.05, 0) is 30.4 Å². The van der Waals surface area contributed by atoms with E-state index in [1.54, 1.807) is 0 Å². The molecule has 2 aliphatic rings. The first-order valence-corrected chi connectivity index (χ1v) is 7.36. The van der Waals surface area contributed by atoms with Crippen LogP contribution in [-0.4, -0.2) is 37.1 Å². The van der Waals surface area contributed by atoms with Gasteiger partial charge in [0.1, 0.15) is 0 Å². The fourth-order valence-electron chi connectivity index (χ4n) is 3.37. The molecule has 3 unspecified atom stereocenters. The number of amides is 1. The Labute approximate surface area is 119 Å². The molecule has 108 valence electrons. The number of nitrogens with two attached hydrogens (primary N) is 1. The van der Waals surface area contributed by atoms with E-state index in [1.165, 1.54) is 11.1 Å². The smallest absolute Gasteiger partial charge is 0.229 e. The largest absolute Gasteiger partial charge is 0.379 e. The van der Waals surface area contributed by atoms with E-state index in [9.17, 15) is 4.79 Å². The van der Waals surface area contributed by atoms with Crippen molar-refractivity contribution >= 4 is 5.91 Å². The Morgan fingerprint density at radius 1 is 1.35 bits per heavy atom. The Hall–Kier alpha value is -1.39. The van der Waals surface area contributed by atoms with E-state index in [4.69, 9.17) is 10.5 Å². The quantitative estimate of drug-likeness (QED) is 0.889.